The van der Waals surface area contributed by atoms with Crippen LogP contribution in [-0.4, -0.2) is 0 Å². The lowest BCUT2D eigenvalue weighted by Gasteiger charge is -2.29. The summed E-state index contributed by atoms with van der Waals surface area (Å²) >= 11 is 0. The van der Waals surface area contributed by atoms with Gasteiger partial charge in [-0.3, -0.25) is 0 Å². The molecule has 0 bridgehead atoms. The molecule has 18 aromatic carbocycles. The molecular formula is C98H70N2. The van der Waals surface area contributed by atoms with Gasteiger partial charge in [0.2, 0.25) is 0 Å². The highest BCUT2D eigenvalue weighted by molar-refractivity contribution is 6.18. The lowest BCUT2D eigenvalue weighted by molar-refractivity contribution is 0.660. The van der Waals surface area contributed by atoms with Crippen molar-refractivity contribution in [1.29, 1.82) is 0 Å². The fourth-order valence-electron chi connectivity index (χ4n) is 17.0. The summed E-state index contributed by atoms with van der Waals surface area (Å²) in [6.07, 6.45) is 0. The molecule has 18 aromatic rings. The van der Waals surface area contributed by atoms with Crippen LogP contribution in [0.2, 0.25) is 0 Å². The van der Waals surface area contributed by atoms with E-state index in [0.717, 1.165) is 22.7 Å². The number of hydrogen-bond acceptors (Lipinski definition) is 2. The molecule has 472 valence electrons. The summed E-state index contributed by atoms with van der Waals surface area (Å²) in [4.78, 5) is 4.93. The van der Waals surface area contributed by atoms with Crippen LogP contribution in [0.15, 0.2) is 352 Å². The molecule has 0 spiro atoms. The van der Waals surface area contributed by atoms with Crippen molar-refractivity contribution in [3.8, 4) is 44.5 Å². The van der Waals surface area contributed by atoms with E-state index in [-0.39, 0.29) is 10.8 Å². The van der Waals surface area contributed by atoms with E-state index in [1.165, 1.54) is 164 Å². The van der Waals surface area contributed by atoms with Crippen LogP contribution in [0.25, 0.3) is 131 Å². The van der Waals surface area contributed by atoms with Crippen molar-refractivity contribution in [3.63, 3.8) is 0 Å². The van der Waals surface area contributed by atoms with E-state index in [0.29, 0.717) is 0 Å². The molecule has 0 saturated heterocycles. The van der Waals surface area contributed by atoms with Crippen LogP contribution in [-0.2, 0) is 10.8 Å². The zero-order chi connectivity index (χ0) is 66.8. The number of anilines is 6. The van der Waals surface area contributed by atoms with Crippen molar-refractivity contribution < 1.29 is 0 Å². The van der Waals surface area contributed by atoms with E-state index >= 15 is 0 Å². The quantitative estimate of drug-likeness (QED) is 0.140. The van der Waals surface area contributed by atoms with Crippen molar-refractivity contribution in [2.75, 3.05) is 9.80 Å². The van der Waals surface area contributed by atoms with Crippen LogP contribution in [0, 0.1) is 0 Å². The summed E-state index contributed by atoms with van der Waals surface area (Å²) < 4.78 is 0. The van der Waals surface area contributed by atoms with E-state index in [2.05, 4.69) is 389 Å². The smallest absolute Gasteiger partial charge is 0.0546 e. The zero-order valence-electron chi connectivity index (χ0n) is 56.4. The van der Waals surface area contributed by atoms with Crippen molar-refractivity contribution in [1.82, 2.24) is 0 Å². The van der Waals surface area contributed by atoms with Gasteiger partial charge >= 0.3 is 0 Å². The zero-order valence-corrected chi connectivity index (χ0v) is 56.4. The third kappa shape index (κ3) is 9.46. The van der Waals surface area contributed by atoms with Crippen LogP contribution in [0.1, 0.15) is 49.9 Å². The highest BCUT2D eigenvalue weighted by Gasteiger charge is 2.38. The maximum absolute atomic E-state index is 2.47. The Morgan fingerprint density at radius 1 is 0.180 bits per heavy atom. The molecule has 0 radical (unpaired) electrons. The summed E-state index contributed by atoms with van der Waals surface area (Å²) in [6.45, 7) is 9.44. The molecule has 0 fully saturated rings. The highest BCUT2D eigenvalue weighted by atomic mass is 15.1. The number of hydrogen-bond donors (Lipinski definition) is 0. The lowest BCUT2D eigenvalue weighted by atomic mass is 9.82. The van der Waals surface area contributed by atoms with E-state index in [1.807, 2.05) is 0 Å². The summed E-state index contributed by atoms with van der Waals surface area (Å²) in [5, 5.41) is 20.2. The second-order valence-electron chi connectivity index (χ2n) is 28.3. The SMILES string of the molecule is CC1(C)c2ccccc2-c2ccc(N(c3ccc(-c4cc5ccccc5c5ccccc45)cc3)c3cc4ccccc4c4ccccc34)cc21.CC1(C)c2ccccc2-c2ccc(N(c3ccc(-c4ccc5ccc6ccccc6c5c4)cc3)c3cc4ccccc4c4ccccc34)cc21. The molecule has 0 atom stereocenters. The van der Waals surface area contributed by atoms with Crippen LogP contribution in [0.3, 0.4) is 0 Å². The Balaban J connectivity index is 0.000000139. The van der Waals surface area contributed by atoms with Gasteiger partial charge in [-0.25, -0.2) is 0 Å². The third-order valence-electron chi connectivity index (χ3n) is 22.0. The van der Waals surface area contributed by atoms with Crippen LogP contribution in [0.4, 0.5) is 34.1 Å². The molecule has 2 heteroatoms. The first kappa shape index (κ1) is 58.9. The van der Waals surface area contributed by atoms with Crippen LogP contribution < -0.4 is 9.80 Å². The second-order valence-corrected chi connectivity index (χ2v) is 28.3. The van der Waals surface area contributed by atoms with Crippen LogP contribution >= 0.6 is 0 Å². The first-order valence-corrected chi connectivity index (χ1v) is 35.0. The average Bonchev–Trinajstić information content (AvgIpc) is 1.50. The Hall–Kier alpha value is -12.4. The molecule has 0 saturated carbocycles. The van der Waals surface area contributed by atoms with Gasteiger partial charge in [0.15, 0.2) is 0 Å². The molecule has 2 aliphatic rings. The van der Waals surface area contributed by atoms with Gasteiger partial charge in [-0.1, -0.05) is 307 Å². The van der Waals surface area contributed by atoms with Crippen molar-refractivity contribution in [2.24, 2.45) is 0 Å². The molecule has 0 unspecified atom stereocenters. The Labute approximate surface area is 583 Å². The van der Waals surface area contributed by atoms with Crippen molar-refractivity contribution >= 4 is 120 Å². The summed E-state index contributed by atoms with van der Waals surface area (Å²) in [5.41, 5.74) is 22.5. The molecule has 100 heavy (non-hydrogen) atoms. The highest BCUT2D eigenvalue weighted by Crippen LogP contribution is 2.54. The fourth-order valence-corrected chi connectivity index (χ4v) is 17.0. The minimum absolute atomic E-state index is 0.0941. The second kappa shape index (κ2) is 23.2. The molecule has 0 amide bonds. The van der Waals surface area contributed by atoms with Gasteiger partial charge in [-0.05, 0) is 215 Å². The lowest BCUT2D eigenvalue weighted by Crippen LogP contribution is -2.16. The van der Waals surface area contributed by atoms with Gasteiger partial charge in [-0.2, -0.15) is 0 Å². The van der Waals surface area contributed by atoms with Gasteiger partial charge in [0.1, 0.15) is 0 Å². The van der Waals surface area contributed by atoms with E-state index in [9.17, 15) is 0 Å². The Kier molecular flexibility index (Phi) is 13.7. The topological polar surface area (TPSA) is 6.48 Å². The molecule has 0 aromatic heterocycles. The van der Waals surface area contributed by atoms with E-state index in [1.54, 1.807) is 0 Å². The largest absolute Gasteiger partial charge is 0.310 e. The van der Waals surface area contributed by atoms with Crippen LogP contribution in [0.5, 0.6) is 0 Å². The van der Waals surface area contributed by atoms with Gasteiger partial charge in [0, 0.05) is 44.4 Å². The monoisotopic (exact) mass is 1270 g/mol. The van der Waals surface area contributed by atoms with Crippen molar-refractivity contribution in [3.05, 3.63) is 374 Å². The molecular weight excluding hydrogens is 1210 g/mol. The molecule has 0 aliphatic heterocycles. The minimum atomic E-state index is -0.0972. The average molecular weight is 1280 g/mol. The Morgan fingerprint density at radius 2 is 0.500 bits per heavy atom. The fraction of sp³-hybridized carbons (Fsp3) is 0.0612. The molecule has 2 aliphatic carbocycles. The number of fused-ring (bicyclic) bond motifs is 18. The van der Waals surface area contributed by atoms with Gasteiger partial charge < -0.3 is 9.80 Å². The van der Waals surface area contributed by atoms with E-state index in [4.69, 9.17) is 0 Å². The Bertz CT molecular complexity index is 6340. The first-order valence-electron chi connectivity index (χ1n) is 35.0. The predicted molar refractivity (Wildman–Crippen MR) is 428 cm³/mol. The molecule has 0 N–H and O–H groups in total. The van der Waals surface area contributed by atoms with Gasteiger partial charge in [0.25, 0.3) is 0 Å². The number of rotatable bonds is 8. The maximum atomic E-state index is 2.47. The summed E-state index contributed by atoms with van der Waals surface area (Å²) in [7, 11) is 0. The van der Waals surface area contributed by atoms with Gasteiger partial charge in [-0.15, -0.1) is 0 Å². The molecule has 2 nitrogen and oxygen atoms in total. The number of nitrogens with zero attached hydrogens (tertiary/aromatic N) is 2. The first-order chi connectivity index (χ1) is 49.1. The normalized spacial score (nSPS) is 13.2. The molecule has 0 heterocycles. The number of benzene rings is 18. The third-order valence-corrected chi connectivity index (χ3v) is 22.0. The predicted octanol–water partition coefficient (Wildman–Crippen LogP) is 27.5. The van der Waals surface area contributed by atoms with Gasteiger partial charge in [0.05, 0.1) is 11.4 Å². The van der Waals surface area contributed by atoms with Crippen molar-refractivity contribution in [2.45, 2.75) is 38.5 Å². The standard InChI is InChI=1S/2C49H35N/c1-49(2)46-22-12-11-20-42(46)43-28-27-36(31-47(43)49)50(48-30-34-14-4-6-16-38(34)40-18-9-10-21-44(40)48)35-25-23-32(24-26-35)45-29-33-13-3-5-15-37(33)39-17-7-8-19-41(39)45;1-49(2)46-18-10-9-16-42(46)43-28-27-38(31-47(43)49)50(48-30-36-12-4-6-14-40(36)41-15-7-8-17-44(41)48)37-25-23-32(24-26-37)35-22-21-34-20-19-33-11-3-5-13-39(33)45(34)29-35/h2*3-31H,1-2H3. The van der Waals surface area contributed by atoms with E-state index < -0.39 is 0 Å². The maximum Gasteiger partial charge on any atom is 0.0546 e. The minimum Gasteiger partial charge on any atom is -0.310 e. The Morgan fingerprint density at radius 3 is 0.980 bits per heavy atom. The summed E-state index contributed by atoms with van der Waals surface area (Å²) in [6, 6.07) is 130. The summed E-state index contributed by atoms with van der Waals surface area (Å²) in [5.74, 6) is 0. The molecule has 20 rings (SSSR count).